The molecule has 3 rings (SSSR count). The van der Waals surface area contributed by atoms with Crippen LogP contribution in [0.5, 0.6) is 11.5 Å². The fraction of sp³-hybridized carbons (Fsp3) is 0.391. The molecule has 0 spiro atoms. The highest BCUT2D eigenvalue weighted by atomic mass is 16.7. The summed E-state index contributed by atoms with van der Waals surface area (Å²) in [6, 6.07) is 11.4. The van der Waals surface area contributed by atoms with Gasteiger partial charge in [0.2, 0.25) is 5.96 Å². The van der Waals surface area contributed by atoms with Crippen LogP contribution in [0, 0.1) is 11.5 Å². The number of hydrogen-bond acceptors (Lipinski definition) is 8. The molecule has 0 saturated carbocycles. The van der Waals surface area contributed by atoms with Crippen LogP contribution in [0.1, 0.15) is 24.1 Å². The lowest BCUT2D eigenvalue weighted by Gasteiger charge is -2.48. The van der Waals surface area contributed by atoms with E-state index in [0.717, 1.165) is 16.2 Å². The van der Waals surface area contributed by atoms with Gasteiger partial charge in [0.25, 0.3) is 0 Å². The Morgan fingerprint density at radius 1 is 1.24 bits per heavy atom. The molecular formula is C23H29N5O5. The Morgan fingerprint density at radius 3 is 2.48 bits per heavy atom. The molecule has 10 nitrogen and oxygen atoms in total. The minimum atomic E-state index is -1.36. The Kier molecular flexibility index (Phi) is 7.28. The summed E-state index contributed by atoms with van der Waals surface area (Å²) in [6.07, 6.45) is -0.169. The molecule has 1 aliphatic heterocycles. The SMILES string of the molecule is COc1ccc(CN=C(N)N(C#N)C2c3cc(N)ccc3OC(C)(C(OC)OC)C2O)cc1. The molecule has 1 heterocycles. The maximum atomic E-state index is 11.4. The van der Waals surface area contributed by atoms with Gasteiger partial charge in [-0.2, -0.15) is 5.26 Å². The maximum absolute atomic E-state index is 11.4. The van der Waals surface area contributed by atoms with Crippen LogP contribution < -0.4 is 20.9 Å². The number of nitrogens with zero attached hydrogens (tertiary/aromatic N) is 3. The predicted molar refractivity (Wildman–Crippen MR) is 122 cm³/mol. The third-order valence-corrected chi connectivity index (χ3v) is 5.68. The van der Waals surface area contributed by atoms with Crippen molar-refractivity contribution in [2.75, 3.05) is 27.1 Å². The Balaban J connectivity index is 2.00. The van der Waals surface area contributed by atoms with Crippen LogP contribution in [0.3, 0.4) is 0 Å². The van der Waals surface area contributed by atoms with Crippen molar-refractivity contribution in [1.29, 1.82) is 5.26 Å². The molecule has 0 bridgehead atoms. The highest BCUT2D eigenvalue weighted by Crippen LogP contribution is 2.45. The second kappa shape index (κ2) is 9.95. The molecular weight excluding hydrogens is 426 g/mol. The lowest BCUT2D eigenvalue weighted by molar-refractivity contribution is -0.241. The van der Waals surface area contributed by atoms with Gasteiger partial charge in [-0.1, -0.05) is 12.1 Å². The van der Waals surface area contributed by atoms with Gasteiger partial charge in [-0.05, 0) is 42.8 Å². The van der Waals surface area contributed by atoms with Crippen LogP contribution in [-0.2, 0) is 16.0 Å². The topological polar surface area (TPSA) is 149 Å². The number of nitrogen functional groups attached to an aromatic ring is 1. The number of nitrogens with two attached hydrogens (primary N) is 2. The number of rotatable bonds is 7. The van der Waals surface area contributed by atoms with E-state index in [-0.39, 0.29) is 12.5 Å². The van der Waals surface area contributed by atoms with Gasteiger partial charge in [-0.15, -0.1) is 0 Å². The summed E-state index contributed by atoms with van der Waals surface area (Å²) in [5.41, 5.74) is 12.7. The van der Waals surface area contributed by atoms with Crippen LogP contribution in [0.4, 0.5) is 5.69 Å². The summed E-state index contributed by atoms with van der Waals surface area (Å²) in [4.78, 5) is 5.52. The average molecular weight is 456 g/mol. The van der Waals surface area contributed by atoms with E-state index >= 15 is 0 Å². The highest BCUT2D eigenvalue weighted by molar-refractivity contribution is 5.80. The number of aliphatic hydroxyl groups is 1. The molecule has 2 aromatic carbocycles. The van der Waals surface area contributed by atoms with Crippen molar-refractivity contribution >= 4 is 11.6 Å². The first kappa shape index (κ1) is 24.1. The standard InChI is InChI=1S/C23H29N5O5/c1-23(21(31-3)32-4)20(29)19(17-11-15(25)7-10-18(17)33-23)28(13-24)22(26)27-12-14-5-8-16(30-2)9-6-14/h5-11,19-21,29H,12,25H2,1-4H3,(H2,26,27). The monoisotopic (exact) mass is 455 g/mol. The zero-order valence-electron chi connectivity index (χ0n) is 19.1. The van der Waals surface area contributed by atoms with Crippen LogP contribution in [0.15, 0.2) is 47.5 Å². The summed E-state index contributed by atoms with van der Waals surface area (Å²) in [5, 5.41) is 21.4. The molecule has 0 fully saturated rings. The van der Waals surface area contributed by atoms with Crippen molar-refractivity contribution in [3.05, 3.63) is 53.6 Å². The van der Waals surface area contributed by atoms with Crippen molar-refractivity contribution < 1.29 is 24.1 Å². The number of ether oxygens (including phenoxy) is 4. The van der Waals surface area contributed by atoms with Crippen LogP contribution in [-0.4, -0.2) is 55.3 Å². The summed E-state index contributed by atoms with van der Waals surface area (Å²) >= 11 is 0. The zero-order chi connectivity index (χ0) is 24.2. The van der Waals surface area contributed by atoms with E-state index in [2.05, 4.69) is 4.99 Å². The first-order valence-corrected chi connectivity index (χ1v) is 10.2. The molecule has 0 aliphatic carbocycles. The van der Waals surface area contributed by atoms with E-state index in [0.29, 0.717) is 17.0 Å². The number of methoxy groups -OCH3 is 3. The van der Waals surface area contributed by atoms with Gasteiger partial charge < -0.3 is 35.5 Å². The van der Waals surface area contributed by atoms with Crippen molar-refractivity contribution in [2.45, 2.75) is 37.5 Å². The highest BCUT2D eigenvalue weighted by Gasteiger charge is 2.54. The van der Waals surface area contributed by atoms with Gasteiger partial charge in [0, 0.05) is 25.5 Å². The van der Waals surface area contributed by atoms with E-state index in [1.54, 1.807) is 32.2 Å². The molecule has 33 heavy (non-hydrogen) atoms. The molecule has 3 atom stereocenters. The van der Waals surface area contributed by atoms with Crippen molar-refractivity contribution in [3.8, 4) is 17.7 Å². The van der Waals surface area contributed by atoms with Crippen molar-refractivity contribution in [2.24, 2.45) is 10.7 Å². The number of fused-ring (bicyclic) bond motifs is 1. The Hall–Kier alpha value is -3.52. The molecule has 5 N–H and O–H groups in total. The van der Waals surface area contributed by atoms with Gasteiger partial charge >= 0.3 is 0 Å². The van der Waals surface area contributed by atoms with Gasteiger partial charge in [0.15, 0.2) is 18.1 Å². The molecule has 0 saturated heterocycles. The van der Waals surface area contributed by atoms with Gasteiger partial charge in [-0.25, -0.2) is 9.89 Å². The minimum absolute atomic E-state index is 0.0682. The first-order chi connectivity index (χ1) is 15.8. The van der Waals surface area contributed by atoms with E-state index in [1.807, 2.05) is 30.5 Å². The molecule has 1 aliphatic rings. The van der Waals surface area contributed by atoms with Crippen LogP contribution in [0.25, 0.3) is 0 Å². The Bertz CT molecular complexity index is 1030. The number of benzene rings is 2. The van der Waals surface area contributed by atoms with Gasteiger partial charge in [0.05, 0.1) is 13.7 Å². The molecule has 176 valence electrons. The van der Waals surface area contributed by atoms with E-state index < -0.39 is 24.0 Å². The summed E-state index contributed by atoms with van der Waals surface area (Å²) in [5.74, 6) is 1.07. The van der Waals surface area contributed by atoms with E-state index in [1.165, 1.54) is 14.2 Å². The van der Waals surface area contributed by atoms with Crippen LogP contribution >= 0.6 is 0 Å². The van der Waals surface area contributed by atoms with Gasteiger partial charge in [-0.3, -0.25) is 0 Å². The third-order valence-electron chi connectivity index (χ3n) is 5.68. The zero-order valence-corrected chi connectivity index (χ0v) is 19.1. The average Bonchev–Trinajstić information content (AvgIpc) is 2.82. The quantitative estimate of drug-likeness (QED) is 0.142. The largest absolute Gasteiger partial charge is 0.497 e. The number of anilines is 1. The molecule has 3 unspecified atom stereocenters. The fourth-order valence-corrected chi connectivity index (χ4v) is 3.94. The molecule has 10 heteroatoms. The smallest absolute Gasteiger partial charge is 0.205 e. The normalized spacial score (nSPS) is 22.3. The summed E-state index contributed by atoms with van der Waals surface area (Å²) < 4.78 is 22.0. The molecule has 2 aromatic rings. The lowest BCUT2D eigenvalue weighted by atomic mass is 9.83. The Labute approximate surface area is 192 Å². The van der Waals surface area contributed by atoms with Crippen molar-refractivity contribution in [3.63, 3.8) is 0 Å². The number of guanidine groups is 1. The summed E-state index contributed by atoms with van der Waals surface area (Å²) in [6.45, 7) is 1.87. The molecule has 0 aromatic heterocycles. The summed E-state index contributed by atoms with van der Waals surface area (Å²) in [7, 11) is 4.47. The lowest BCUT2D eigenvalue weighted by Crippen LogP contribution is -2.62. The second-order valence-corrected chi connectivity index (χ2v) is 7.77. The fourth-order valence-electron chi connectivity index (χ4n) is 3.94. The number of nitriles is 1. The van der Waals surface area contributed by atoms with Crippen molar-refractivity contribution in [1.82, 2.24) is 4.90 Å². The minimum Gasteiger partial charge on any atom is -0.497 e. The first-order valence-electron chi connectivity index (χ1n) is 10.2. The predicted octanol–water partition coefficient (Wildman–Crippen LogP) is 1.75. The maximum Gasteiger partial charge on any atom is 0.205 e. The molecule has 0 radical (unpaired) electrons. The number of hydrogen-bond donors (Lipinski definition) is 3. The van der Waals surface area contributed by atoms with Gasteiger partial charge in [0.1, 0.15) is 23.6 Å². The number of aliphatic hydroxyl groups excluding tert-OH is 1. The third kappa shape index (κ3) is 4.66. The Morgan fingerprint density at radius 2 is 1.91 bits per heavy atom. The number of aliphatic imine (C=N–C) groups is 1. The van der Waals surface area contributed by atoms with E-state index in [9.17, 15) is 10.4 Å². The van der Waals surface area contributed by atoms with E-state index in [4.69, 9.17) is 30.4 Å². The van der Waals surface area contributed by atoms with Crippen LogP contribution in [0.2, 0.25) is 0 Å². The second-order valence-electron chi connectivity index (χ2n) is 7.77. The molecule has 0 amide bonds.